The summed E-state index contributed by atoms with van der Waals surface area (Å²) in [6, 6.07) is 10.0. The van der Waals surface area contributed by atoms with Gasteiger partial charge in [0.05, 0.1) is 19.3 Å². The summed E-state index contributed by atoms with van der Waals surface area (Å²) in [5.74, 6) is 0.0685. The fraction of sp³-hybridized carbons (Fsp3) is 0.278. The Morgan fingerprint density at radius 2 is 2.04 bits per heavy atom. The zero-order chi connectivity index (χ0) is 17.5. The highest BCUT2D eigenvalue weighted by Gasteiger charge is 2.10. The maximum absolute atomic E-state index is 13.5. The van der Waals surface area contributed by atoms with E-state index in [1.165, 1.54) is 13.2 Å². The molecule has 0 aromatic heterocycles. The topological polar surface area (TPSA) is 50.4 Å². The van der Waals surface area contributed by atoms with Gasteiger partial charge in [0.25, 0.3) is 0 Å². The van der Waals surface area contributed by atoms with Crippen LogP contribution in [-0.2, 0) is 11.2 Å². The fourth-order valence-corrected chi connectivity index (χ4v) is 2.40. The van der Waals surface area contributed by atoms with Gasteiger partial charge >= 0.3 is 0 Å². The first-order valence-corrected chi connectivity index (χ1v) is 7.97. The van der Waals surface area contributed by atoms with Crippen molar-refractivity contribution in [1.29, 1.82) is 0 Å². The van der Waals surface area contributed by atoms with Crippen molar-refractivity contribution in [3.8, 4) is 5.75 Å². The van der Waals surface area contributed by atoms with Gasteiger partial charge < -0.3 is 15.4 Å². The van der Waals surface area contributed by atoms with Crippen LogP contribution in [0.25, 0.3) is 0 Å². The molecule has 0 aliphatic rings. The van der Waals surface area contributed by atoms with Gasteiger partial charge in [-0.3, -0.25) is 4.79 Å². The number of anilines is 1. The summed E-state index contributed by atoms with van der Waals surface area (Å²) in [4.78, 5) is 12.0. The van der Waals surface area contributed by atoms with E-state index >= 15 is 0 Å². The molecule has 1 amide bonds. The molecule has 0 bridgehead atoms. The minimum atomic E-state index is -0.231. The van der Waals surface area contributed by atoms with Crippen LogP contribution in [0.5, 0.6) is 5.75 Å². The third-order valence-corrected chi connectivity index (χ3v) is 3.98. The zero-order valence-electron chi connectivity index (χ0n) is 13.7. The maximum atomic E-state index is 13.5. The standard InChI is InChI=1S/C18H20ClFN2O2/c1-12-9-16(17(24-2)10-14(12)19)22-18(23)11-21-8-7-13-5-3-4-6-15(13)20/h3-6,9-10,21H,7-8,11H2,1-2H3,(H,22,23). The quantitative estimate of drug-likeness (QED) is 0.751. The molecule has 0 saturated heterocycles. The molecule has 2 rings (SSSR count). The number of nitrogens with one attached hydrogen (secondary N) is 2. The second kappa shape index (κ2) is 8.66. The summed E-state index contributed by atoms with van der Waals surface area (Å²) in [7, 11) is 1.52. The molecule has 0 aliphatic heterocycles. The largest absolute Gasteiger partial charge is 0.495 e. The molecule has 4 nitrogen and oxygen atoms in total. The van der Waals surface area contributed by atoms with Gasteiger partial charge in [0.1, 0.15) is 11.6 Å². The van der Waals surface area contributed by atoms with Gasteiger partial charge in [-0.1, -0.05) is 29.8 Å². The minimum absolute atomic E-state index is 0.124. The van der Waals surface area contributed by atoms with Crippen molar-refractivity contribution in [1.82, 2.24) is 5.32 Å². The molecule has 128 valence electrons. The predicted molar refractivity (Wildman–Crippen MR) is 94.3 cm³/mol. The van der Waals surface area contributed by atoms with Crippen LogP contribution in [0.1, 0.15) is 11.1 Å². The molecule has 2 N–H and O–H groups in total. The van der Waals surface area contributed by atoms with Crippen LogP contribution in [-0.4, -0.2) is 26.1 Å². The third kappa shape index (κ3) is 4.94. The molecule has 6 heteroatoms. The average Bonchev–Trinajstić information content (AvgIpc) is 2.56. The number of hydrogen-bond donors (Lipinski definition) is 2. The van der Waals surface area contributed by atoms with Gasteiger partial charge in [0.2, 0.25) is 5.91 Å². The number of aryl methyl sites for hydroxylation is 1. The zero-order valence-corrected chi connectivity index (χ0v) is 14.4. The van der Waals surface area contributed by atoms with Crippen molar-refractivity contribution < 1.29 is 13.9 Å². The highest BCUT2D eigenvalue weighted by molar-refractivity contribution is 6.31. The molecular weight excluding hydrogens is 331 g/mol. The number of rotatable bonds is 7. The number of halogens is 2. The first-order chi connectivity index (χ1) is 11.5. The second-order valence-corrected chi connectivity index (χ2v) is 5.78. The van der Waals surface area contributed by atoms with E-state index in [1.54, 1.807) is 30.3 Å². The highest BCUT2D eigenvalue weighted by atomic mass is 35.5. The molecule has 0 saturated carbocycles. The minimum Gasteiger partial charge on any atom is -0.495 e. The molecule has 2 aromatic rings. The summed E-state index contributed by atoms with van der Waals surface area (Å²) in [5.41, 5.74) is 2.04. The van der Waals surface area contributed by atoms with Crippen LogP contribution in [0.3, 0.4) is 0 Å². The molecule has 0 spiro atoms. The second-order valence-electron chi connectivity index (χ2n) is 5.37. The van der Waals surface area contributed by atoms with Crippen molar-refractivity contribution in [2.24, 2.45) is 0 Å². The van der Waals surface area contributed by atoms with E-state index in [-0.39, 0.29) is 18.3 Å². The van der Waals surface area contributed by atoms with E-state index in [1.807, 2.05) is 6.92 Å². The number of methoxy groups -OCH3 is 1. The summed E-state index contributed by atoms with van der Waals surface area (Å²) < 4.78 is 18.7. The predicted octanol–water partition coefficient (Wildman–Crippen LogP) is 3.57. The van der Waals surface area contributed by atoms with Crippen LogP contribution in [0, 0.1) is 12.7 Å². The fourth-order valence-electron chi connectivity index (χ4n) is 2.25. The third-order valence-electron chi connectivity index (χ3n) is 3.57. The Morgan fingerprint density at radius 3 is 2.75 bits per heavy atom. The normalized spacial score (nSPS) is 10.5. The molecule has 0 heterocycles. The lowest BCUT2D eigenvalue weighted by Crippen LogP contribution is -2.29. The average molecular weight is 351 g/mol. The number of benzene rings is 2. The van der Waals surface area contributed by atoms with Crippen molar-refractivity contribution in [2.75, 3.05) is 25.5 Å². The maximum Gasteiger partial charge on any atom is 0.238 e. The van der Waals surface area contributed by atoms with Crippen LogP contribution in [0.2, 0.25) is 5.02 Å². The smallest absolute Gasteiger partial charge is 0.238 e. The Balaban J connectivity index is 1.84. The molecule has 0 atom stereocenters. The molecule has 24 heavy (non-hydrogen) atoms. The Morgan fingerprint density at radius 1 is 1.29 bits per heavy atom. The van der Waals surface area contributed by atoms with Gasteiger partial charge in [-0.05, 0) is 43.1 Å². The number of ether oxygens (including phenoxy) is 1. The molecule has 0 fully saturated rings. The van der Waals surface area contributed by atoms with E-state index in [0.717, 1.165) is 5.56 Å². The monoisotopic (exact) mass is 350 g/mol. The molecule has 0 unspecified atom stereocenters. The first kappa shape index (κ1) is 18.2. The number of carbonyl (C=O) groups is 1. The Kier molecular flexibility index (Phi) is 6.58. The van der Waals surface area contributed by atoms with Crippen molar-refractivity contribution in [3.63, 3.8) is 0 Å². The van der Waals surface area contributed by atoms with Crippen molar-refractivity contribution >= 4 is 23.2 Å². The van der Waals surface area contributed by atoms with Crippen molar-refractivity contribution in [3.05, 3.63) is 58.4 Å². The van der Waals surface area contributed by atoms with Crippen LogP contribution in [0.15, 0.2) is 36.4 Å². The summed E-state index contributed by atoms with van der Waals surface area (Å²) in [6.45, 7) is 2.48. The van der Waals surface area contributed by atoms with E-state index < -0.39 is 0 Å². The summed E-state index contributed by atoms with van der Waals surface area (Å²) in [5, 5.41) is 6.36. The Bertz CT molecular complexity index is 722. The Labute approximate surface area is 146 Å². The van der Waals surface area contributed by atoms with E-state index in [4.69, 9.17) is 16.3 Å². The van der Waals surface area contributed by atoms with Gasteiger partial charge in [0.15, 0.2) is 0 Å². The lowest BCUT2D eigenvalue weighted by atomic mass is 10.1. The molecule has 0 aliphatic carbocycles. The first-order valence-electron chi connectivity index (χ1n) is 7.59. The number of hydrogen-bond acceptors (Lipinski definition) is 3. The van der Waals surface area contributed by atoms with Gasteiger partial charge in [0, 0.05) is 11.1 Å². The summed E-state index contributed by atoms with van der Waals surface area (Å²) >= 11 is 6.04. The Hall–Kier alpha value is -2.11. The molecule has 2 aromatic carbocycles. The number of amides is 1. The van der Waals surface area contributed by atoms with Crippen LogP contribution >= 0.6 is 11.6 Å². The van der Waals surface area contributed by atoms with Crippen molar-refractivity contribution in [2.45, 2.75) is 13.3 Å². The van der Waals surface area contributed by atoms with E-state index in [2.05, 4.69) is 10.6 Å². The van der Waals surface area contributed by atoms with Gasteiger partial charge in [-0.25, -0.2) is 4.39 Å². The van der Waals surface area contributed by atoms with Gasteiger partial charge in [-0.2, -0.15) is 0 Å². The SMILES string of the molecule is COc1cc(Cl)c(C)cc1NC(=O)CNCCc1ccccc1F. The van der Waals surface area contributed by atoms with Gasteiger partial charge in [-0.15, -0.1) is 0 Å². The number of carbonyl (C=O) groups excluding carboxylic acids is 1. The van der Waals surface area contributed by atoms with Crippen LogP contribution in [0.4, 0.5) is 10.1 Å². The lowest BCUT2D eigenvalue weighted by molar-refractivity contribution is -0.115. The lowest BCUT2D eigenvalue weighted by Gasteiger charge is -2.12. The van der Waals surface area contributed by atoms with Crippen LogP contribution < -0.4 is 15.4 Å². The van der Waals surface area contributed by atoms with E-state index in [9.17, 15) is 9.18 Å². The molecule has 0 radical (unpaired) electrons. The van der Waals surface area contributed by atoms with E-state index in [0.29, 0.717) is 35.0 Å². The molecular formula is C18H20ClFN2O2. The summed E-state index contributed by atoms with van der Waals surface area (Å²) in [6.07, 6.45) is 0.517. The highest BCUT2D eigenvalue weighted by Crippen LogP contribution is 2.30.